The van der Waals surface area contributed by atoms with Gasteiger partial charge in [-0.2, -0.15) is 0 Å². The maximum absolute atomic E-state index is 12.7. The predicted octanol–water partition coefficient (Wildman–Crippen LogP) is 10.5. The Hall–Kier alpha value is -3.63. The Labute approximate surface area is 434 Å². The average molecular weight is 1180 g/mol. The van der Waals surface area contributed by atoms with Crippen LogP contribution in [0.1, 0.15) is 0 Å². The van der Waals surface area contributed by atoms with Crippen molar-refractivity contribution < 1.29 is 32.5 Å². The summed E-state index contributed by atoms with van der Waals surface area (Å²) in [5, 5.41) is 1.96. The number of para-hydroxylation sites is 2. The van der Waals surface area contributed by atoms with Gasteiger partial charge in [0.2, 0.25) is 0 Å². The van der Waals surface area contributed by atoms with Gasteiger partial charge in [-0.05, 0) is 114 Å². The average Bonchev–Trinajstić information content (AvgIpc) is 3.32. The largest absolute Gasteiger partial charge is 0.492 e. The van der Waals surface area contributed by atoms with Crippen LogP contribution < -0.4 is 58.1 Å². The molecule has 0 atom stereocenters. The van der Waals surface area contributed by atoms with Crippen LogP contribution in [0.15, 0.2) is 149 Å². The van der Waals surface area contributed by atoms with E-state index in [1.165, 1.54) is 21.8 Å². The summed E-state index contributed by atoms with van der Waals surface area (Å²) in [6.07, 6.45) is 0. The van der Waals surface area contributed by atoms with Crippen LogP contribution in [0, 0.1) is 15.2 Å². The molecule has 0 bridgehead atoms. The fourth-order valence-corrected chi connectivity index (χ4v) is 6.96. The molecule has 0 saturated carbocycles. The minimum atomic E-state index is -0.346. The van der Waals surface area contributed by atoms with Crippen LogP contribution in [0.4, 0.5) is 8.78 Å². The number of halogens is 7. The molecule has 67 heavy (non-hydrogen) atoms. The lowest BCUT2D eigenvalue weighted by Gasteiger charge is -2.04. The highest BCUT2D eigenvalue weighted by Crippen LogP contribution is 2.26. The van der Waals surface area contributed by atoms with E-state index < -0.39 is 0 Å². The van der Waals surface area contributed by atoms with Crippen molar-refractivity contribution in [3.63, 3.8) is 0 Å². The van der Waals surface area contributed by atoms with Crippen molar-refractivity contribution in [3.8, 4) is 28.7 Å². The number of benzene rings is 6. The summed E-state index contributed by atoms with van der Waals surface area (Å²) in [7, 11) is 0. The summed E-state index contributed by atoms with van der Waals surface area (Å²) < 4.78 is 53.3. The molecule has 0 radical (unpaired) electrons. The van der Waals surface area contributed by atoms with Gasteiger partial charge in [0.25, 0.3) is 0 Å². The highest BCUT2D eigenvalue weighted by atomic mass is 127. The van der Waals surface area contributed by atoms with Gasteiger partial charge in [0.1, 0.15) is 61.8 Å². The van der Waals surface area contributed by atoms with Crippen molar-refractivity contribution in [1.82, 2.24) is 0 Å². The lowest BCUT2D eigenvalue weighted by atomic mass is 10.3. The molecule has 6 aromatic carbocycles. The van der Waals surface area contributed by atoms with E-state index in [9.17, 15) is 8.78 Å². The van der Waals surface area contributed by atoms with E-state index in [0.717, 1.165) is 26.6 Å². The third-order valence-electron chi connectivity index (χ3n) is 7.19. The molecular weight excluding hydrogens is 1120 g/mol. The lowest BCUT2D eigenvalue weighted by Crippen LogP contribution is -2.11. The Balaban J connectivity index is 0.000000402. The molecule has 0 fully saturated rings. The second kappa shape index (κ2) is 40.3. The number of hydrogen-bond acceptors (Lipinski definition) is 12. The molecule has 12 N–H and O–H groups in total. The summed E-state index contributed by atoms with van der Waals surface area (Å²) in [4.78, 5) is 1.07. The number of rotatable bonds is 18. The normalized spacial score (nSPS) is 9.75. The van der Waals surface area contributed by atoms with Gasteiger partial charge >= 0.3 is 0 Å². The van der Waals surface area contributed by atoms with E-state index >= 15 is 0 Å². The predicted molar refractivity (Wildman–Crippen MR) is 287 cm³/mol. The lowest BCUT2D eigenvalue weighted by molar-refractivity contribution is 0.311. The molecule has 6 aromatic rings. The molecule has 19 heteroatoms. The maximum atomic E-state index is 12.7. The molecule has 0 spiro atoms. The first kappa shape index (κ1) is 61.4. The number of thioether (sulfide) groups is 1. The van der Waals surface area contributed by atoms with Crippen LogP contribution >= 0.6 is 85.1 Å². The summed E-state index contributed by atoms with van der Waals surface area (Å²) in [5.41, 5.74) is 31.6. The molecule has 0 aliphatic carbocycles. The number of nitrogens with two attached hydrogens (primary N) is 6. The van der Waals surface area contributed by atoms with Gasteiger partial charge in [0.15, 0.2) is 11.6 Å². The van der Waals surface area contributed by atoms with Crippen molar-refractivity contribution in [1.29, 1.82) is 0 Å². The van der Waals surface area contributed by atoms with Crippen molar-refractivity contribution in [3.05, 3.63) is 174 Å². The molecule has 0 heterocycles. The molecule has 0 unspecified atom stereocenters. The van der Waals surface area contributed by atoms with Gasteiger partial charge < -0.3 is 58.1 Å². The van der Waals surface area contributed by atoms with Gasteiger partial charge in [0, 0.05) is 74.1 Å². The Morgan fingerprint density at radius 3 is 1.43 bits per heavy atom. The van der Waals surface area contributed by atoms with Crippen molar-refractivity contribution in [2.45, 2.75) is 4.90 Å². The molecule has 0 aromatic heterocycles. The topological polar surface area (TPSA) is 202 Å². The van der Waals surface area contributed by atoms with Crippen molar-refractivity contribution >= 4 is 85.1 Å². The molecule has 366 valence electrons. The van der Waals surface area contributed by atoms with Crippen LogP contribution in [0.25, 0.3) is 0 Å². The second-order valence-electron chi connectivity index (χ2n) is 12.7. The monoisotopic (exact) mass is 1180 g/mol. The van der Waals surface area contributed by atoms with Crippen LogP contribution in [0.2, 0.25) is 15.1 Å². The van der Waals surface area contributed by atoms with Crippen molar-refractivity contribution in [2.24, 2.45) is 34.4 Å². The first-order valence-corrected chi connectivity index (χ1v) is 24.6. The standard InChI is InChI=1S/C8H10BrNO.C8H9Cl2NS.C8H10ClNO.2C8H10FNO.C8H10INO/c9-7-2-1-3-8(6-7)11-5-4-10;9-6-3-7(10)5-8(4-6)12-2-1-11;9-7-3-1-2-4-8(7)11-6-5-10;9-7-2-1-3-8(6-7)11-5-4-10;9-7-3-1-2-4-8(7)11-6-5-10;9-7-2-1-3-8(6-7)11-5-4-10/h1-3,6H,4-5,10H2;3-5H,1-2,11H2;1-4H,5-6,10H2;1-3,6H,4-5,10H2;1-4H,5-6,10H2;1-3,6H,4-5,10H2. The van der Waals surface area contributed by atoms with E-state index in [-0.39, 0.29) is 17.4 Å². The van der Waals surface area contributed by atoms with Gasteiger partial charge in [-0.3, -0.25) is 0 Å². The second-order valence-corrected chi connectivity index (χ2v) is 17.3. The number of ether oxygens (including phenoxy) is 5. The summed E-state index contributed by atoms with van der Waals surface area (Å²) in [6.45, 7) is 5.54. The molecular formula is C48H59BrCl3F2IN6O5S. The summed E-state index contributed by atoms with van der Waals surface area (Å²) in [6, 6.07) is 40.7. The first-order chi connectivity index (χ1) is 32.4. The quantitative estimate of drug-likeness (QED) is 0.0352. The van der Waals surface area contributed by atoms with Crippen molar-refractivity contribution in [2.75, 3.05) is 78.1 Å². The fourth-order valence-electron chi connectivity index (χ4n) is 4.45. The van der Waals surface area contributed by atoms with Gasteiger partial charge in [0.05, 0.1) is 5.02 Å². The zero-order valence-corrected chi connectivity index (χ0v) is 43.7. The third-order valence-corrected chi connectivity index (χ3v) is 10.1. The van der Waals surface area contributed by atoms with Crippen LogP contribution in [-0.2, 0) is 0 Å². The number of hydrogen-bond donors (Lipinski definition) is 6. The van der Waals surface area contributed by atoms with Gasteiger partial charge in [-0.25, -0.2) is 8.78 Å². The molecule has 0 aliphatic heterocycles. The van der Waals surface area contributed by atoms with Crippen LogP contribution in [-0.4, -0.2) is 78.1 Å². The van der Waals surface area contributed by atoms with E-state index in [4.69, 9.17) is 92.9 Å². The summed E-state index contributed by atoms with van der Waals surface area (Å²) in [5.74, 6) is 3.47. The van der Waals surface area contributed by atoms with E-state index in [1.807, 2.05) is 78.9 Å². The highest BCUT2D eigenvalue weighted by Gasteiger charge is 2.00. The van der Waals surface area contributed by atoms with Gasteiger partial charge in [-0.15, -0.1) is 11.8 Å². The zero-order chi connectivity index (χ0) is 49.5. The minimum Gasteiger partial charge on any atom is -0.492 e. The molecule has 0 amide bonds. The molecule has 0 saturated heterocycles. The van der Waals surface area contributed by atoms with Crippen LogP contribution in [0.5, 0.6) is 28.7 Å². The van der Waals surface area contributed by atoms with E-state index in [0.29, 0.717) is 98.9 Å². The van der Waals surface area contributed by atoms with Gasteiger partial charge in [-0.1, -0.05) is 93.2 Å². The molecule has 6 rings (SSSR count). The first-order valence-electron chi connectivity index (χ1n) is 20.6. The zero-order valence-electron chi connectivity index (χ0n) is 36.8. The van der Waals surface area contributed by atoms with E-state index in [2.05, 4.69) is 38.5 Å². The highest BCUT2D eigenvalue weighted by molar-refractivity contribution is 14.1. The SMILES string of the molecule is NCCOc1cccc(Br)c1.NCCOc1cccc(F)c1.NCCOc1cccc(I)c1.NCCOc1ccccc1Cl.NCCOc1ccccc1F.NCCSc1cc(Cl)cc(Cl)c1. The minimum absolute atomic E-state index is 0.262. The van der Waals surface area contributed by atoms with Crippen LogP contribution in [0.3, 0.4) is 0 Å². The molecule has 11 nitrogen and oxygen atoms in total. The molecule has 0 aliphatic rings. The Morgan fingerprint density at radius 2 is 0.940 bits per heavy atom. The summed E-state index contributed by atoms with van der Waals surface area (Å²) >= 11 is 24.6. The Morgan fingerprint density at radius 1 is 0.478 bits per heavy atom. The Kier molecular flexibility index (Phi) is 36.9. The van der Waals surface area contributed by atoms with E-state index in [1.54, 1.807) is 54.2 Å². The third kappa shape index (κ3) is 31.9. The Bertz CT molecular complexity index is 2010. The fraction of sp³-hybridized carbons (Fsp3) is 0.250. The smallest absolute Gasteiger partial charge is 0.165 e. The maximum Gasteiger partial charge on any atom is 0.165 e.